The van der Waals surface area contributed by atoms with Crippen LogP contribution in [0.15, 0.2) is 42.5 Å². The van der Waals surface area contributed by atoms with Gasteiger partial charge < -0.3 is 10.1 Å². The van der Waals surface area contributed by atoms with Crippen LogP contribution in [-0.4, -0.2) is 6.61 Å². The van der Waals surface area contributed by atoms with Gasteiger partial charge in [-0.1, -0.05) is 23.7 Å². The summed E-state index contributed by atoms with van der Waals surface area (Å²) < 4.78 is 5.54. The first-order valence-electron chi connectivity index (χ1n) is 7.04. The predicted octanol–water partition coefficient (Wildman–Crippen LogP) is 4.84. The fourth-order valence-corrected chi connectivity index (χ4v) is 2.97. The number of rotatable bonds is 4. The average molecular weight is 288 g/mol. The minimum Gasteiger partial charge on any atom is -0.494 e. The second-order valence-electron chi connectivity index (χ2n) is 5.04. The monoisotopic (exact) mass is 287 g/mol. The molecule has 104 valence electrons. The van der Waals surface area contributed by atoms with Gasteiger partial charge in [-0.05, 0) is 55.2 Å². The molecule has 0 spiro atoms. The lowest BCUT2D eigenvalue weighted by molar-refractivity contribution is 0.340. The molecule has 1 N–H and O–H groups in total. The third-order valence-corrected chi connectivity index (χ3v) is 3.90. The first-order chi connectivity index (χ1) is 9.76. The van der Waals surface area contributed by atoms with Gasteiger partial charge in [0, 0.05) is 16.8 Å². The van der Waals surface area contributed by atoms with Gasteiger partial charge in [0.25, 0.3) is 0 Å². The molecular formula is C17H18ClNO. The zero-order chi connectivity index (χ0) is 13.9. The number of benzene rings is 2. The lowest BCUT2D eigenvalue weighted by Gasteiger charge is -2.16. The van der Waals surface area contributed by atoms with Crippen LogP contribution in [-0.2, 0) is 6.42 Å². The van der Waals surface area contributed by atoms with Crippen molar-refractivity contribution in [2.45, 2.75) is 25.8 Å². The molecule has 0 saturated carbocycles. The zero-order valence-electron chi connectivity index (χ0n) is 11.5. The second-order valence-corrected chi connectivity index (χ2v) is 5.48. The van der Waals surface area contributed by atoms with E-state index in [0.717, 1.165) is 29.3 Å². The minimum absolute atomic E-state index is 0.360. The summed E-state index contributed by atoms with van der Waals surface area (Å²) in [6.07, 6.45) is 2.19. The minimum atomic E-state index is 0.360. The molecule has 1 atom stereocenters. The third kappa shape index (κ3) is 2.75. The van der Waals surface area contributed by atoms with Crippen molar-refractivity contribution in [1.82, 2.24) is 0 Å². The number of halogens is 1. The average Bonchev–Trinajstić information content (AvgIpc) is 2.82. The summed E-state index contributed by atoms with van der Waals surface area (Å²) in [6, 6.07) is 14.7. The van der Waals surface area contributed by atoms with E-state index in [9.17, 15) is 0 Å². The van der Waals surface area contributed by atoms with Crippen molar-refractivity contribution in [2.75, 3.05) is 11.9 Å². The number of aryl methyl sites for hydroxylation is 1. The fraction of sp³-hybridized carbons (Fsp3) is 0.294. The first kappa shape index (κ1) is 13.3. The van der Waals surface area contributed by atoms with E-state index in [-0.39, 0.29) is 0 Å². The highest BCUT2D eigenvalue weighted by Gasteiger charge is 2.22. The molecule has 0 saturated heterocycles. The molecule has 3 rings (SSSR count). The Bertz CT molecular complexity index is 612. The largest absolute Gasteiger partial charge is 0.494 e. The van der Waals surface area contributed by atoms with Crippen molar-refractivity contribution in [3.63, 3.8) is 0 Å². The molecular weight excluding hydrogens is 270 g/mol. The lowest BCUT2D eigenvalue weighted by Crippen LogP contribution is -2.07. The van der Waals surface area contributed by atoms with E-state index in [4.69, 9.17) is 16.3 Å². The Hall–Kier alpha value is -1.67. The smallest absolute Gasteiger partial charge is 0.121 e. The van der Waals surface area contributed by atoms with Gasteiger partial charge in [0.15, 0.2) is 0 Å². The van der Waals surface area contributed by atoms with Gasteiger partial charge in [-0.3, -0.25) is 0 Å². The molecule has 1 unspecified atom stereocenters. The van der Waals surface area contributed by atoms with Crippen molar-refractivity contribution < 1.29 is 4.74 Å². The highest BCUT2D eigenvalue weighted by atomic mass is 35.5. The summed E-state index contributed by atoms with van der Waals surface area (Å²) in [4.78, 5) is 0. The van der Waals surface area contributed by atoms with Crippen LogP contribution >= 0.6 is 11.6 Å². The van der Waals surface area contributed by atoms with Crippen molar-refractivity contribution in [1.29, 1.82) is 0 Å². The number of anilines is 1. The van der Waals surface area contributed by atoms with Gasteiger partial charge >= 0.3 is 0 Å². The van der Waals surface area contributed by atoms with E-state index in [1.54, 1.807) is 0 Å². The van der Waals surface area contributed by atoms with Crippen molar-refractivity contribution in [2.24, 2.45) is 0 Å². The standard InChI is InChI=1S/C17H18ClNO/c1-2-20-15-5-3-4-14(11-15)19-17-9-6-12-10-13(18)7-8-16(12)17/h3-5,7-8,10-11,17,19H,2,6,9H2,1H3. The SMILES string of the molecule is CCOc1cccc(NC2CCc3cc(Cl)ccc32)c1. The van der Waals surface area contributed by atoms with E-state index in [1.807, 2.05) is 25.1 Å². The van der Waals surface area contributed by atoms with Crippen molar-refractivity contribution >= 4 is 17.3 Å². The molecule has 1 aliphatic carbocycles. The maximum Gasteiger partial charge on any atom is 0.121 e. The molecule has 0 bridgehead atoms. The Kier molecular flexibility index (Phi) is 3.83. The Balaban J connectivity index is 1.78. The van der Waals surface area contributed by atoms with Gasteiger partial charge in [-0.2, -0.15) is 0 Å². The van der Waals surface area contributed by atoms with E-state index in [2.05, 4.69) is 29.6 Å². The fourth-order valence-electron chi connectivity index (χ4n) is 2.78. The summed E-state index contributed by atoms with van der Waals surface area (Å²) in [5.41, 5.74) is 3.82. The van der Waals surface area contributed by atoms with Crippen molar-refractivity contribution in [3.05, 3.63) is 58.6 Å². The molecule has 0 aliphatic heterocycles. The van der Waals surface area contributed by atoms with Crippen LogP contribution in [0.1, 0.15) is 30.5 Å². The predicted molar refractivity (Wildman–Crippen MR) is 83.7 cm³/mol. The topological polar surface area (TPSA) is 21.3 Å². The maximum absolute atomic E-state index is 6.05. The van der Waals surface area contributed by atoms with E-state index < -0.39 is 0 Å². The molecule has 3 heteroatoms. The van der Waals surface area contributed by atoms with Gasteiger partial charge in [-0.25, -0.2) is 0 Å². The Morgan fingerprint density at radius 1 is 1.25 bits per heavy atom. The highest BCUT2D eigenvalue weighted by Crippen LogP contribution is 2.35. The number of fused-ring (bicyclic) bond motifs is 1. The molecule has 1 aliphatic rings. The van der Waals surface area contributed by atoms with E-state index in [0.29, 0.717) is 12.6 Å². The van der Waals surface area contributed by atoms with E-state index in [1.165, 1.54) is 11.1 Å². The normalized spacial score (nSPS) is 16.8. The molecule has 2 nitrogen and oxygen atoms in total. The molecule has 0 aromatic heterocycles. The molecule has 2 aromatic carbocycles. The summed E-state index contributed by atoms with van der Waals surface area (Å²) in [5, 5.41) is 4.41. The van der Waals surface area contributed by atoms with Crippen LogP contribution in [0.4, 0.5) is 5.69 Å². The molecule has 20 heavy (non-hydrogen) atoms. The summed E-state index contributed by atoms with van der Waals surface area (Å²) >= 11 is 6.05. The van der Waals surface area contributed by atoms with Crippen LogP contribution in [0.5, 0.6) is 5.75 Å². The van der Waals surface area contributed by atoms with Crippen molar-refractivity contribution in [3.8, 4) is 5.75 Å². The van der Waals surface area contributed by atoms with Gasteiger partial charge in [0.05, 0.1) is 12.6 Å². The Morgan fingerprint density at radius 2 is 2.15 bits per heavy atom. The summed E-state index contributed by atoms with van der Waals surface area (Å²) in [7, 11) is 0. The second kappa shape index (κ2) is 5.76. The van der Waals surface area contributed by atoms with Crippen LogP contribution in [0.3, 0.4) is 0 Å². The molecule has 0 fully saturated rings. The number of nitrogens with one attached hydrogen (secondary N) is 1. The van der Waals surface area contributed by atoms with Crippen LogP contribution < -0.4 is 10.1 Å². The zero-order valence-corrected chi connectivity index (χ0v) is 12.3. The van der Waals surface area contributed by atoms with Crippen LogP contribution in [0.2, 0.25) is 5.02 Å². The Morgan fingerprint density at radius 3 is 3.00 bits per heavy atom. The molecule has 0 amide bonds. The third-order valence-electron chi connectivity index (χ3n) is 3.67. The highest BCUT2D eigenvalue weighted by molar-refractivity contribution is 6.30. The van der Waals surface area contributed by atoms with Gasteiger partial charge in [0.1, 0.15) is 5.75 Å². The quantitative estimate of drug-likeness (QED) is 0.869. The lowest BCUT2D eigenvalue weighted by atomic mass is 10.1. The molecule has 2 aromatic rings. The van der Waals surface area contributed by atoms with E-state index >= 15 is 0 Å². The van der Waals surface area contributed by atoms with Crippen LogP contribution in [0, 0.1) is 0 Å². The van der Waals surface area contributed by atoms with Gasteiger partial charge in [-0.15, -0.1) is 0 Å². The Labute approximate surface area is 124 Å². The number of ether oxygens (including phenoxy) is 1. The summed E-state index contributed by atoms with van der Waals surface area (Å²) in [5.74, 6) is 0.909. The number of hydrogen-bond donors (Lipinski definition) is 1. The number of hydrogen-bond acceptors (Lipinski definition) is 2. The molecule has 0 heterocycles. The van der Waals surface area contributed by atoms with Gasteiger partial charge in [0.2, 0.25) is 0 Å². The van der Waals surface area contributed by atoms with Crippen LogP contribution in [0.25, 0.3) is 0 Å². The summed E-state index contributed by atoms with van der Waals surface area (Å²) in [6.45, 7) is 2.69. The first-order valence-corrected chi connectivity index (χ1v) is 7.42. The molecule has 0 radical (unpaired) electrons. The maximum atomic E-state index is 6.05.